The first-order valence-corrected chi connectivity index (χ1v) is 11.3. The number of rotatable bonds is 11. The van der Waals surface area contributed by atoms with Crippen LogP contribution in [0.3, 0.4) is 0 Å². The second-order valence-corrected chi connectivity index (χ2v) is 8.14. The number of hydrogen-bond donors (Lipinski definition) is 3. The zero-order valence-electron chi connectivity index (χ0n) is 17.9. The number of benzene rings is 2. The van der Waals surface area contributed by atoms with Crippen molar-refractivity contribution in [1.82, 2.24) is 10.6 Å². The summed E-state index contributed by atoms with van der Waals surface area (Å²) in [5.74, 6) is -1.11. The lowest BCUT2D eigenvalue weighted by molar-refractivity contribution is -0.139. The van der Waals surface area contributed by atoms with E-state index < -0.39 is 17.9 Å². The van der Waals surface area contributed by atoms with Gasteiger partial charge in [0.05, 0.1) is 28.8 Å². The van der Waals surface area contributed by atoms with Gasteiger partial charge in [-0.3, -0.25) is 4.79 Å². The number of carboxylic acids is 1. The minimum Gasteiger partial charge on any atom is -0.494 e. The zero-order chi connectivity index (χ0) is 23.6. The predicted octanol–water partition coefficient (Wildman–Crippen LogP) is 3.55. The lowest BCUT2D eigenvalue weighted by Crippen LogP contribution is -2.42. The summed E-state index contributed by atoms with van der Waals surface area (Å²) in [4.78, 5) is 28.4. The summed E-state index contributed by atoms with van der Waals surface area (Å²) in [5, 5.41) is 15.5. The second kappa shape index (κ2) is 12.3. The molecule has 1 aliphatic rings. The van der Waals surface area contributed by atoms with Crippen LogP contribution in [-0.4, -0.2) is 55.3 Å². The number of carboxylic acid groups (broad SMARTS) is 1. The Kier molecular flexibility index (Phi) is 9.21. The van der Waals surface area contributed by atoms with Crippen LogP contribution in [0.5, 0.6) is 5.75 Å². The topological polar surface area (TPSA) is 109 Å². The van der Waals surface area contributed by atoms with Gasteiger partial charge >= 0.3 is 5.97 Å². The Morgan fingerprint density at radius 3 is 2.48 bits per heavy atom. The minimum absolute atomic E-state index is 0.0507. The van der Waals surface area contributed by atoms with Crippen LogP contribution in [-0.2, 0) is 16.0 Å². The van der Waals surface area contributed by atoms with Crippen molar-refractivity contribution < 1.29 is 24.2 Å². The van der Waals surface area contributed by atoms with Gasteiger partial charge in [0.1, 0.15) is 18.4 Å². The van der Waals surface area contributed by atoms with Crippen LogP contribution >= 0.6 is 23.2 Å². The quantitative estimate of drug-likeness (QED) is 0.413. The zero-order valence-corrected chi connectivity index (χ0v) is 19.4. The van der Waals surface area contributed by atoms with Crippen LogP contribution < -0.4 is 15.4 Å². The fourth-order valence-corrected chi connectivity index (χ4v) is 3.73. The third kappa shape index (κ3) is 7.54. The monoisotopic (exact) mass is 493 g/mol. The fourth-order valence-electron chi connectivity index (χ4n) is 3.16. The van der Waals surface area contributed by atoms with Gasteiger partial charge in [0.15, 0.2) is 0 Å². The highest BCUT2D eigenvalue weighted by Crippen LogP contribution is 2.24. The van der Waals surface area contributed by atoms with Crippen molar-refractivity contribution in [3.05, 3.63) is 63.6 Å². The van der Waals surface area contributed by atoms with Gasteiger partial charge in [-0.15, -0.1) is 0 Å². The van der Waals surface area contributed by atoms with E-state index >= 15 is 0 Å². The number of hydrogen-bond acceptors (Lipinski definition) is 6. The van der Waals surface area contributed by atoms with Crippen LogP contribution in [0, 0.1) is 0 Å². The second-order valence-electron chi connectivity index (χ2n) is 7.33. The molecule has 1 heterocycles. The van der Waals surface area contributed by atoms with Crippen molar-refractivity contribution >= 4 is 41.1 Å². The maximum atomic E-state index is 12.5. The van der Waals surface area contributed by atoms with E-state index in [-0.39, 0.29) is 22.0 Å². The number of nitrogens with one attached hydrogen (secondary N) is 2. The number of ether oxygens (including phenoxy) is 2. The number of amidine groups is 1. The van der Waals surface area contributed by atoms with Crippen LogP contribution in [0.15, 0.2) is 47.5 Å². The van der Waals surface area contributed by atoms with Crippen molar-refractivity contribution in [3.8, 4) is 5.75 Å². The standard InChI is InChI=1S/C23H25Cl2N3O5/c24-17-4-3-5-18(25)20(17)21(29)28-19(22(30)31)14-15-6-8-16(9-7-15)32-12-2-1-10-26-23-27-11-13-33-23/h3-9,19H,1-2,10-14H2,(H,26,27)(H,28,29)(H,30,31). The van der Waals surface area contributed by atoms with Crippen LogP contribution in [0.1, 0.15) is 28.8 Å². The largest absolute Gasteiger partial charge is 0.494 e. The summed E-state index contributed by atoms with van der Waals surface area (Å²) in [6.45, 7) is 2.66. The first kappa shape index (κ1) is 24.7. The molecule has 0 bridgehead atoms. The van der Waals surface area contributed by atoms with Gasteiger partial charge in [-0.25, -0.2) is 9.79 Å². The first-order valence-electron chi connectivity index (χ1n) is 10.5. The van der Waals surface area contributed by atoms with Crippen molar-refractivity contribution in [2.24, 2.45) is 4.99 Å². The Hall–Kier alpha value is -2.97. The Morgan fingerprint density at radius 2 is 1.85 bits per heavy atom. The smallest absolute Gasteiger partial charge is 0.326 e. The molecule has 3 N–H and O–H groups in total. The third-order valence-corrected chi connectivity index (χ3v) is 5.49. The summed E-state index contributed by atoms with van der Waals surface area (Å²) in [7, 11) is 0. The van der Waals surface area contributed by atoms with Crippen molar-refractivity contribution in [2.45, 2.75) is 25.3 Å². The molecule has 176 valence electrons. The Balaban J connectivity index is 1.45. The molecule has 0 aromatic heterocycles. The summed E-state index contributed by atoms with van der Waals surface area (Å²) in [5.41, 5.74) is 0.789. The molecule has 1 unspecified atom stereocenters. The summed E-state index contributed by atoms with van der Waals surface area (Å²) in [6, 6.07) is 11.2. The van der Waals surface area contributed by atoms with Crippen LogP contribution in [0.4, 0.5) is 0 Å². The van der Waals surface area contributed by atoms with Gasteiger partial charge < -0.3 is 25.2 Å². The minimum atomic E-state index is -1.16. The Morgan fingerprint density at radius 1 is 1.12 bits per heavy atom. The van der Waals surface area contributed by atoms with Crippen molar-refractivity contribution in [1.29, 1.82) is 0 Å². The molecule has 0 aliphatic carbocycles. The molecular weight excluding hydrogens is 469 g/mol. The number of amides is 1. The van der Waals surface area contributed by atoms with Crippen molar-refractivity contribution in [3.63, 3.8) is 0 Å². The molecule has 3 rings (SSSR count). The molecule has 10 heteroatoms. The van der Waals surface area contributed by atoms with E-state index in [1.54, 1.807) is 30.3 Å². The molecule has 0 radical (unpaired) electrons. The van der Waals surface area contributed by atoms with Gasteiger partial charge in [-0.05, 0) is 42.7 Å². The lowest BCUT2D eigenvalue weighted by atomic mass is 10.1. The van der Waals surface area contributed by atoms with Gasteiger partial charge in [0.2, 0.25) is 0 Å². The van der Waals surface area contributed by atoms with Gasteiger partial charge in [-0.2, -0.15) is 0 Å². The lowest BCUT2D eigenvalue weighted by Gasteiger charge is -2.16. The molecule has 2 aromatic rings. The number of halogens is 2. The highest BCUT2D eigenvalue weighted by molar-refractivity contribution is 6.39. The highest BCUT2D eigenvalue weighted by atomic mass is 35.5. The molecule has 1 amide bonds. The summed E-state index contributed by atoms with van der Waals surface area (Å²) in [6.07, 6.45) is 1.87. The third-order valence-electron chi connectivity index (χ3n) is 4.86. The number of aliphatic imine (C=N–C) groups is 1. The van der Waals surface area contributed by atoms with Crippen molar-refractivity contribution in [2.75, 3.05) is 26.3 Å². The SMILES string of the molecule is O=C(NC(Cc1ccc(OCCCCNC2=NCCO2)cc1)C(=O)O)c1c(Cl)cccc1Cl. The summed E-state index contributed by atoms with van der Waals surface area (Å²) < 4.78 is 11.0. The molecule has 8 nitrogen and oxygen atoms in total. The highest BCUT2D eigenvalue weighted by Gasteiger charge is 2.23. The molecule has 0 spiro atoms. The number of carbonyl (C=O) groups is 2. The van der Waals surface area contributed by atoms with E-state index in [0.717, 1.165) is 24.9 Å². The van der Waals surface area contributed by atoms with E-state index in [1.165, 1.54) is 12.1 Å². The maximum absolute atomic E-state index is 12.5. The Labute approximate surface area is 201 Å². The summed E-state index contributed by atoms with van der Waals surface area (Å²) >= 11 is 12.1. The number of carbonyl (C=O) groups excluding carboxylic acids is 1. The van der Waals surface area contributed by atoms with E-state index in [0.29, 0.717) is 31.5 Å². The normalized spacial score (nSPS) is 13.6. The number of unbranched alkanes of at least 4 members (excludes halogenated alkanes) is 1. The molecule has 33 heavy (non-hydrogen) atoms. The number of aliphatic carboxylic acids is 1. The average molecular weight is 494 g/mol. The average Bonchev–Trinajstić information content (AvgIpc) is 3.30. The van der Waals surface area contributed by atoms with Crippen LogP contribution in [0.25, 0.3) is 0 Å². The molecule has 1 atom stereocenters. The van der Waals surface area contributed by atoms with E-state index in [1.807, 2.05) is 0 Å². The van der Waals surface area contributed by atoms with E-state index in [9.17, 15) is 14.7 Å². The molecule has 0 fully saturated rings. The molecule has 0 saturated heterocycles. The van der Waals surface area contributed by atoms with Gasteiger partial charge in [0, 0.05) is 13.0 Å². The first-order chi connectivity index (χ1) is 15.9. The maximum Gasteiger partial charge on any atom is 0.326 e. The fraction of sp³-hybridized carbons (Fsp3) is 0.348. The molecular formula is C23H25Cl2N3O5. The van der Waals surface area contributed by atoms with Gasteiger partial charge in [-0.1, -0.05) is 41.4 Å². The van der Waals surface area contributed by atoms with Gasteiger partial charge in [0.25, 0.3) is 11.9 Å². The number of nitrogens with zero attached hydrogens (tertiary/aromatic N) is 1. The molecule has 1 aliphatic heterocycles. The molecule has 0 saturated carbocycles. The molecule has 2 aromatic carbocycles. The van der Waals surface area contributed by atoms with E-state index in [4.69, 9.17) is 32.7 Å². The van der Waals surface area contributed by atoms with Crippen LogP contribution in [0.2, 0.25) is 10.0 Å². The predicted molar refractivity (Wildman–Crippen MR) is 126 cm³/mol. The van der Waals surface area contributed by atoms with E-state index in [2.05, 4.69) is 15.6 Å². The Bertz CT molecular complexity index is 978.